The number of carbonyl (C=O) groups is 1. The van der Waals surface area contributed by atoms with Crippen molar-refractivity contribution in [2.24, 2.45) is 0 Å². The van der Waals surface area contributed by atoms with Gasteiger partial charge in [0.1, 0.15) is 5.78 Å². The van der Waals surface area contributed by atoms with Gasteiger partial charge in [0.2, 0.25) is 0 Å². The van der Waals surface area contributed by atoms with E-state index in [2.05, 4.69) is 16.8 Å². The number of Topliss-reactive ketones (excluding diaryl/α,β-unsaturated/α-hetero) is 1. The third-order valence-electron chi connectivity index (χ3n) is 2.04. The minimum absolute atomic E-state index is 0.273. The topological polar surface area (TPSA) is 23.6 Å². The summed E-state index contributed by atoms with van der Waals surface area (Å²) in [5.74, 6) is 0.273. The minimum Gasteiger partial charge on any atom is -0.304 e. The van der Waals surface area contributed by atoms with E-state index in [9.17, 15) is 4.79 Å². The molecule has 0 aromatic rings. The second-order valence-electron chi connectivity index (χ2n) is 3.28. The molecule has 1 rings (SSSR count). The monoisotopic (exact) mass is 216 g/mol. The molecule has 0 aromatic heterocycles. The SMILES string of the molecule is CC.CC.CC(=O)CN1CCN(C)CC1. The zero-order chi connectivity index (χ0) is 12.3. The van der Waals surface area contributed by atoms with Crippen molar-refractivity contribution in [3.05, 3.63) is 0 Å². The Hall–Kier alpha value is -0.410. The van der Waals surface area contributed by atoms with Gasteiger partial charge in [-0.15, -0.1) is 0 Å². The van der Waals surface area contributed by atoms with Gasteiger partial charge in [0.05, 0.1) is 6.54 Å². The van der Waals surface area contributed by atoms with Crippen LogP contribution in [0.4, 0.5) is 0 Å². The van der Waals surface area contributed by atoms with Crippen LogP contribution in [0.15, 0.2) is 0 Å². The first kappa shape index (κ1) is 17.0. The second kappa shape index (κ2) is 11.7. The van der Waals surface area contributed by atoms with Crippen molar-refractivity contribution in [1.29, 1.82) is 0 Å². The van der Waals surface area contributed by atoms with E-state index in [0.717, 1.165) is 26.2 Å². The molecule has 3 heteroatoms. The number of rotatable bonds is 2. The van der Waals surface area contributed by atoms with Crippen LogP contribution in [0, 0.1) is 0 Å². The molecule has 0 atom stereocenters. The third-order valence-corrected chi connectivity index (χ3v) is 2.04. The normalized spacial score (nSPS) is 16.9. The smallest absolute Gasteiger partial charge is 0.143 e. The van der Waals surface area contributed by atoms with Crippen LogP contribution < -0.4 is 0 Å². The lowest BCUT2D eigenvalue weighted by atomic mass is 10.3. The molecule has 0 spiro atoms. The summed E-state index contributed by atoms with van der Waals surface area (Å²) in [6.45, 7) is 14.5. The first-order valence-electron chi connectivity index (χ1n) is 6.09. The molecule has 3 nitrogen and oxygen atoms in total. The van der Waals surface area contributed by atoms with E-state index in [1.165, 1.54) is 0 Å². The van der Waals surface area contributed by atoms with Crippen LogP contribution in [0.5, 0.6) is 0 Å². The predicted octanol–water partition coefficient (Wildman–Crippen LogP) is 1.88. The second-order valence-corrected chi connectivity index (χ2v) is 3.28. The number of carbonyl (C=O) groups excluding carboxylic acids is 1. The molecule has 0 amide bonds. The summed E-state index contributed by atoms with van der Waals surface area (Å²) in [5.41, 5.74) is 0. The van der Waals surface area contributed by atoms with Gasteiger partial charge in [0, 0.05) is 26.2 Å². The Morgan fingerprint density at radius 1 is 1.00 bits per heavy atom. The van der Waals surface area contributed by atoms with Crippen LogP contribution in [-0.2, 0) is 4.79 Å². The van der Waals surface area contributed by atoms with Crippen LogP contribution in [-0.4, -0.2) is 55.4 Å². The fraction of sp³-hybridized carbons (Fsp3) is 0.917. The largest absolute Gasteiger partial charge is 0.304 e. The average molecular weight is 216 g/mol. The van der Waals surface area contributed by atoms with Gasteiger partial charge in [-0.05, 0) is 14.0 Å². The fourth-order valence-corrected chi connectivity index (χ4v) is 1.32. The van der Waals surface area contributed by atoms with E-state index in [1.807, 2.05) is 27.7 Å². The first-order valence-corrected chi connectivity index (χ1v) is 6.09. The molecule has 92 valence electrons. The quantitative estimate of drug-likeness (QED) is 0.704. The lowest BCUT2D eigenvalue weighted by molar-refractivity contribution is -0.118. The highest BCUT2D eigenvalue weighted by atomic mass is 16.1. The first-order chi connectivity index (χ1) is 7.18. The summed E-state index contributed by atoms with van der Waals surface area (Å²) in [6, 6.07) is 0. The summed E-state index contributed by atoms with van der Waals surface area (Å²) in [5, 5.41) is 0. The van der Waals surface area contributed by atoms with Gasteiger partial charge < -0.3 is 4.90 Å². The van der Waals surface area contributed by atoms with Gasteiger partial charge in [-0.3, -0.25) is 9.69 Å². The summed E-state index contributed by atoms with van der Waals surface area (Å²) >= 11 is 0. The Morgan fingerprint density at radius 3 is 1.73 bits per heavy atom. The van der Waals surface area contributed by atoms with E-state index >= 15 is 0 Å². The van der Waals surface area contributed by atoms with E-state index in [1.54, 1.807) is 6.92 Å². The van der Waals surface area contributed by atoms with Crippen LogP contribution in [0.1, 0.15) is 34.6 Å². The van der Waals surface area contributed by atoms with E-state index < -0.39 is 0 Å². The van der Waals surface area contributed by atoms with Crippen LogP contribution >= 0.6 is 0 Å². The van der Waals surface area contributed by atoms with Gasteiger partial charge in [0.15, 0.2) is 0 Å². The molecule has 0 aliphatic carbocycles. The Labute approximate surface area is 95.4 Å². The van der Waals surface area contributed by atoms with Crippen molar-refractivity contribution in [3.63, 3.8) is 0 Å². The molecular formula is C12H28N2O. The highest BCUT2D eigenvalue weighted by Crippen LogP contribution is 1.97. The highest BCUT2D eigenvalue weighted by molar-refractivity contribution is 5.77. The molecule has 0 saturated carbocycles. The molecule has 0 bridgehead atoms. The maximum Gasteiger partial charge on any atom is 0.143 e. The lowest BCUT2D eigenvalue weighted by Gasteiger charge is -2.31. The highest BCUT2D eigenvalue weighted by Gasteiger charge is 2.13. The molecule has 0 unspecified atom stereocenters. The molecule has 1 saturated heterocycles. The third kappa shape index (κ3) is 9.88. The number of piperazine rings is 1. The van der Waals surface area contributed by atoms with E-state index in [-0.39, 0.29) is 5.78 Å². The molecule has 1 aliphatic heterocycles. The van der Waals surface area contributed by atoms with Gasteiger partial charge in [-0.25, -0.2) is 0 Å². The Morgan fingerprint density at radius 2 is 1.40 bits per heavy atom. The number of nitrogens with zero attached hydrogens (tertiary/aromatic N) is 2. The van der Waals surface area contributed by atoms with Crippen molar-refractivity contribution in [3.8, 4) is 0 Å². The fourth-order valence-electron chi connectivity index (χ4n) is 1.32. The maximum atomic E-state index is 10.7. The van der Waals surface area contributed by atoms with Crippen molar-refractivity contribution in [2.45, 2.75) is 34.6 Å². The number of hydrogen-bond donors (Lipinski definition) is 0. The number of ketones is 1. The van der Waals surface area contributed by atoms with Gasteiger partial charge >= 0.3 is 0 Å². The molecule has 0 radical (unpaired) electrons. The number of hydrogen-bond acceptors (Lipinski definition) is 3. The lowest BCUT2D eigenvalue weighted by Crippen LogP contribution is -2.45. The molecule has 0 aromatic carbocycles. The molecule has 1 aliphatic rings. The van der Waals surface area contributed by atoms with E-state index in [4.69, 9.17) is 0 Å². The summed E-state index contributed by atoms with van der Waals surface area (Å²) in [4.78, 5) is 15.2. The van der Waals surface area contributed by atoms with Crippen LogP contribution in [0.3, 0.4) is 0 Å². The van der Waals surface area contributed by atoms with Crippen LogP contribution in [0.25, 0.3) is 0 Å². The number of likely N-dealkylation sites (N-methyl/N-ethyl adjacent to an activating group) is 1. The average Bonchev–Trinajstić information content (AvgIpc) is 2.27. The summed E-state index contributed by atoms with van der Waals surface area (Å²) < 4.78 is 0. The van der Waals surface area contributed by atoms with Crippen molar-refractivity contribution in [1.82, 2.24) is 9.80 Å². The van der Waals surface area contributed by atoms with Crippen molar-refractivity contribution in [2.75, 3.05) is 39.8 Å². The summed E-state index contributed by atoms with van der Waals surface area (Å²) in [6.07, 6.45) is 0. The molecule has 15 heavy (non-hydrogen) atoms. The standard InChI is InChI=1S/C8H16N2O.2C2H6/c1-8(11)7-10-5-3-9(2)4-6-10;2*1-2/h3-7H2,1-2H3;2*1-2H3. The molecule has 1 fully saturated rings. The molecular weight excluding hydrogens is 188 g/mol. The minimum atomic E-state index is 0.273. The Balaban J connectivity index is 0. The summed E-state index contributed by atoms with van der Waals surface area (Å²) in [7, 11) is 2.12. The predicted molar refractivity (Wildman–Crippen MR) is 67.3 cm³/mol. The van der Waals surface area contributed by atoms with Gasteiger partial charge in [-0.1, -0.05) is 27.7 Å². The van der Waals surface area contributed by atoms with Crippen LogP contribution in [0.2, 0.25) is 0 Å². The Bertz CT molecular complexity index is 141. The molecule has 0 N–H and O–H groups in total. The van der Waals surface area contributed by atoms with Gasteiger partial charge in [-0.2, -0.15) is 0 Å². The maximum absolute atomic E-state index is 10.7. The van der Waals surface area contributed by atoms with Crippen molar-refractivity contribution < 1.29 is 4.79 Å². The Kier molecular flexibility index (Phi) is 13.2. The van der Waals surface area contributed by atoms with Gasteiger partial charge in [0.25, 0.3) is 0 Å². The zero-order valence-corrected chi connectivity index (χ0v) is 11.3. The van der Waals surface area contributed by atoms with Crippen molar-refractivity contribution >= 4 is 5.78 Å². The van der Waals surface area contributed by atoms with E-state index in [0.29, 0.717) is 6.54 Å². The molecule has 1 heterocycles. The zero-order valence-electron chi connectivity index (χ0n) is 11.3.